The van der Waals surface area contributed by atoms with E-state index in [1.165, 1.54) is 11.8 Å². The Balaban J connectivity index is 1.58. The summed E-state index contributed by atoms with van der Waals surface area (Å²) in [7, 11) is 1.58. The fourth-order valence-electron chi connectivity index (χ4n) is 2.75. The Kier molecular flexibility index (Phi) is 8.64. The van der Waals surface area contributed by atoms with E-state index < -0.39 is 0 Å². The number of nitrogens with one attached hydrogen (secondary N) is 1. The van der Waals surface area contributed by atoms with E-state index in [0.29, 0.717) is 23.3 Å². The van der Waals surface area contributed by atoms with Gasteiger partial charge in [-0.1, -0.05) is 42.1 Å². The van der Waals surface area contributed by atoms with Gasteiger partial charge in [0.1, 0.15) is 6.61 Å². The number of benzene rings is 2. The van der Waals surface area contributed by atoms with Gasteiger partial charge in [0.25, 0.3) is 5.91 Å². The minimum atomic E-state index is -0.250. The summed E-state index contributed by atoms with van der Waals surface area (Å²) in [5, 5.41) is 4.61. The highest BCUT2D eigenvalue weighted by molar-refractivity contribution is 9.10. The second-order valence-electron chi connectivity index (χ2n) is 6.81. The van der Waals surface area contributed by atoms with E-state index in [-0.39, 0.29) is 11.7 Å². The van der Waals surface area contributed by atoms with Crippen LogP contribution in [0, 0.1) is 13.8 Å². The molecule has 1 aromatic heterocycles. The van der Waals surface area contributed by atoms with Crippen molar-refractivity contribution in [3.63, 3.8) is 0 Å². The lowest BCUT2D eigenvalue weighted by Crippen LogP contribution is -2.19. The summed E-state index contributed by atoms with van der Waals surface area (Å²) < 4.78 is 12.1. The van der Waals surface area contributed by atoms with E-state index in [9.17, 15) is 4.79 Å². The molecule has 0 bridgehead atoms. The first kappa shape index (κ1) is 23.7. The molecule has 0 aliphatic rings. The van der Waals surface area contributed by atoms with Crippen molar-refractivity contribution in [3.8, 4) is 11.5 Å². The molecule has 166 valence electrons. The SMILES string of the molecule is COc1cc(/C=N\NC(=O)CSc2nc(C)cc(C)n2)c(Br)cc1OCc1ccccc1. The third-order valence-corrected chi connectivity index (χ3v) is 5.74. The molecule has 32 heavy (non-hydrogen) atoms. The first-order valence-corrected chi connectivity index (χ1v) is 11.5. The van der Waals surface area contributed by atoms with Gasteiger partial charge in [0.05, 0.1) is 19.1 Å². The van der Waals surface area contributed by atoms with Gasteiger partial charge < -0.3 is 9.47 Å². The van der Waals surface area contributed by atoms with Crippen molar-refractivity contribution in [3.05, 3.63) is 75.5 Å². The molecule has 9 heteroatoms. The number of aryl methyl sites for hydroxylation is 2. The largest absolute Gasteiger partial charge is 0.493 e. The lowest BCUT2D eigenvalue weighted by molar-refractivity contribution is -0.118. The highest BCUT2D eigenvalue weighted by Gasteiger charge is 2.10. The minimum Gasteiger partial charge on any atom is -0.493 e. The van der Waals surface area contributed by atoms with Crippen LogP contribution in [-0.2, 0) is 11.4 Å². The second kappa shape index (κ2) is 11.6. The highest BCUT2D eigenvalue weighted by atomic mass is 79.9. The van der Waals surface area contributed by atoms with Crippen molar-refractivity contribution in [2.24, 2.45) is 5.10 Å². The van der Waals surface area contributed by atoms with Gasteiger partial charge in [-0.05, 0) is 53.5 Å². The quantitative estimate of drug-likeness (QED) is 0.193. The van der Waals surface area contributed by atoms with Crippen LogP contribution in [0.1, 0.15) is 22.5 Å². The molecule has 3 rings (SSSR count). The molecule has 2 aromatic carbocycles. The smallest absolute Gasteiger partial charge is 0.250 e. The third-order valence-electron chi connectivity index (χ3n) is 4.21. The topological polar surface area (TPSA) is 85.7 Å². The predicted molar refractivity (Wildman–Crippen MR) is 129 cm³/mol. The van der Waals surface area contributed by atoms with E-state index in [1.54, 1.807) is 19.4 Å². The van der Waals surface area contributed by atoms with Crippen LogP contribution < -0.4 is 14.9 Å². The Morgan fingerprint density at radius 2 is 1.84 bits per heavy atom. The number of aromatic nitrogens is 2. The molecule has 0 aliphatic heterocycles. The highest BCUT2D eigenvalue weighted by Crippen LogP contribution is 2.33. The summed E-state index contributed by atoms with van der Waals surface area (Å²) in [5.74, 6) is 1.09. The second-order valence-corrected chi connectivity index (χ2v) is 8.61. The molecule has 0 saturated heterocycles. The number of thioether (sulfide) groups is 1. The Morgan fingerprint density at radius 1 is 1.12 bits per heavy atom. The number of hydrogen-bond acceptors (Lipinski definition) is 7. The van der Waals surface area contributed by atoms with Gasteiger partial charge in [-0.3, -0.25) is 4.79 Å². The van der Waals surface area contributed by atoms with Crippen molar-refractivity contribution in [1.82, 2.24) is 15.4 Å². The maximum absolute atomic E-state index is 12.1. The lowest BCUT2D eigenvalue weighted by Gasteiger charge is -2.12. The Morgan fingerprint density at radius 3 is 2.53 bits per heavy atom. The lowest BCUT2D eigenvalue weighted by atomic mass is 10.2. The normalized spacial score (nSPS) is 10.9. The number of hydrogen-bond donors (Lipinski definition) is 1. The van der Waals surface area contributed by atoms with Crippen molar-refractivity contribution < 1.29 is 14.3 Å². The molecule has 0 spiro atoms. The maximum atomic E-state index is 12.1. The summed E-state index contributed by atoms with van der Waals surface area (Å²) in [6, 6.07) is 15.4. The third kappa shape index (κ3) is 7.06. The van der Waals surface area contributed by atoms with E-state index in [0.717, 1.165) is 27.0 Å². The number of nitrogens with zero attached hydrogens (tertiary/aromatic N) is 3. The van der Waals surface area contributed by atoms with Crippen molar-refractivity contribution >= 4 is 39.8 Å². The summed E-state index contributed by atoms with van der Waals surface area (Å²) in [6.07, 6.45) is 1.55. The molecular formula is C23H23BrN4O3S. The fourth-order valence-corrected chi connectivity index (χ4v) is 3.92. The van der Waals surface area contributed by atoms with Gasteiger partial charge in [0.2, 0.25) is 0 Å². The van der Waals surface area contributed by atoms with Crippen molar-refractivity contribution in [1.29, 1.82) is 0 Å². The zero-order valence-electron chi connectivity index (χ0n) is 18.0. The molecule has 0 unspecified atom stereocenters. The van der Waals surface area contributed by atoms with Gasteiger partial charge >= 0.3 is 0 Å². The molecule has 3 aromatic rings. The van der Waals surface area contributed by atoms with Gasteiger partial charge in [-0.2, -0.15) is 5.10 Å². The maximum Gasteiger partial charge on any atom is 0.250 e. The van der Waals surface area contributed by atoms with Crippen LogP contribution in [0.3, 0.4) is 0 Å². The first-order valence-electron chi connectivity index (χ1n) is 9.76. The summed E-state index contributed by atoms with van der Waals surface area (Å²) >= 11 is 4.78. The molecule has 0 aliphatic carbocycles. The van der Waals surface area contributed by atoms with E-state index in [2.05, 4.69) is 36.4 Å². The number of carbonyl (C=O) groups is 1. The molecule has 0 radical (unpaired) electrons. The van der Waals surface area contributed by atoms with Crippen LogP contribution in [0.2, 0.25) is 0 Å². The predicted octanol–water partition coefficient (Wildman–Crippen LogP) is 4.69. The number of methoxy groups -OCH3 is 1. The number of halogens is 1. The van der Waals surface area contributed by atoms with Crippen molar-refractivity contribution in [2.45, 2.75) is 25.6 Å². The standard InChI is InChI=1S/C23H23BrN4O3S/c1-15-9-16(2)27-23(26-15)32-14-22(29)28-25-12-18-10-20(30-3)21(11-19(18)24)31-13-17-7-5-4-6-8-17/h4-12H,13-14H2,1-3H3,(H,28,29)/b25-12-. The molecule has 0 saturated carbocycles. The van der Waals surface area contributed by atoms with Crippen LogP contribution in [0.5, 0.6) is 11.5 Å². The number of hydrazone groups is 1. The van der Waals surface area contributed by atoms with Gasteiger partial charge in [0.15, 0.2) is 16.7 Å². The zero-order valence-corrected chi connectivity index (χ0v) is 20.4. The van der Waals surface area contributed by atoms with Crippen LogP contribution in [0.15, 0.2) is 63.3 Å². The molecular weight excluding hydrogens is 492 g/mol. The molecule has 0 fully saturated rings. The van der Waals surface area contributed by atoms with Crippen molar-refractivity contribution in [2.75, 3.05) is 12.9 Å². The number of carbonyl (C=O) groups excluding carboxylic acids is 1. The molecule has 0 atom stereocenters. The van der Waals surface area contributed by atoms with Crippen LogP contribution in [0.4, 0.5) is 0 Å². The minimum absolute atomic E-state index is 0.164. The summed E-state index contributed by atoms with van der Waals surface area (Å²) in [4.78, 5) is 20.7. The fraction of sp³-hybridized carbons (Fsp3) is 0.217. The molecule has 7 nitrogen and oxygen atoms in total. The molecule has 1 heterocycles. The summed E-state index contributed by atoms with van der Waals surface area (Å²) in [5.41, 5.74) is 6.05. The van der Waals surface area contributed by atoms with E-state index >= 15 is 0 Å². The number of amides is 1. The van der Waals surface area contributed by atoms with Gasteiger partial charge in [0, 0.05) is 21.4 Å². The molecule has 1 amide bonds. The first-order chi connectivity index (χ1) is 15.4. The number of ether oxygens (including phenoxy) is 2. The summed E-state index contributed by atoms with van der Waals surface area (Å²) in [6.45, 7) is 4.22. The Hall–Kier alpha value is -2.91. The Bertz CT molecular complexity index is 1090. The Labute approximate surface area is 199 Å². The van der Waals surface area contributed by atoms with Gasteiger partial charge in [-0.25, -0.2) is 15.4 Å². The van der Waals surface area contributed by atoms with E-state index in [1.807, 2.05) is 56.3 Å². The monoisotopic (exact) mass is 514 g/mol. The van der Waals surface area contributed by atoms with Crippen LogP contribution in [0.25, 0.3) is 0 Å². The molecule has 1 N–H and O–H groups in total. The zero-order chi connectivity index (χ0) is 22.9. The van der Waals surface area contributed by atoms with E-state index in [4.69, 9.17) is 9.47 Å². The van der Waals surface area contributed by atoms with Crippen LogP contribution in [-0.4, -0.2) is 35.0 Å². The average Bonchev–Trinajstić information content (AvgIpc) is 2.77. The number of rotatable bonds is 9. The van der Waals surface area contributed by atoms with Crippen LogP contribution >= 0.6 is 27.7 Å². The average molecular weight is 515 g/mol. The van der Waals surface area contributed by atoms with Gasteiger partial charge in [-0.15, -0.1) is 0 Å².